The van der Waals surface area contributed by atoms with Crippen molar-refractivity contribution >= 4 is 0 Å². The first-order valence-electron chi connectivity index (χ1n) is 5.80. The van der Waals surface area contributed by atoms with Gasteiger partial charge in [-0.05, 0) is 44.9 Å². The summed E-state index contributed by atoms with van der Waals surface area (Å²) in [5.41, 5.74) is 0. The smallest absolute Gasteiger partial charge is 0.0348 e. The summed E-state index contributed by atoms with van der Waals surface area (Å²) >= 11 is 0. The fourth-order valence-corrected chi connectivity index (χ4v) is 1.70. The summed E-state index contributed by atoms with van der Waals surface area (Å²) < 4.78 is 0. The highest BCUT2D eigenvalue weighted by Crippen LogP contribution is 2.09. The number of allylic oxidation sites excluding steroid dienone is 4. The molecule has 1 rings (SSSR count). The molecule has 0 aliphatic heterocycles. The predicted molar refractivity (Wildman–Crippen MR) is 59.8 cm³/mol. The van der Waals surface area contributed by atoms with Crippen molar-refractivity contribution in [3.05, 3.63) is 24.3 Å². The Balaban J connectivity index is 2.18. The Morgan fingerprint density at radius 2 is 0.769 bits per heavy atom. The minimum atomic E-state index is 1.27. The van der Waals surface area contributed by atoms with Gasteiger partial charge in [0, 0.05) is 0 Å². The number of rotatable bonds is 0. The van der Waals surface area contributed by atoms with Gasteiger partial charge < -0.3 is 0 Å². The van der Waals surface area contributed by atoms with E-state index in [1.165, 1.54) is 57.8 Å². The lowest BCUT2D eigenvalue weighted by Crippen LogP contribution is -1.76. The zero-order chi connectivity index (χ0) is 9.19. The van der Waals surface area contributed by atoms with Crippen LogP contribution in [0.5, 0.6) is 0 Å². The minimum Gasteiger partial charge on any atom is -0.0885 e. The van der Waals surface area contributed by atoms with Gasteiger partial charge in [-0.15, -0.1) is 0 Å². The monoisotopic (exact) mass is 178 g/mol. The van der Waals surface area contributed by atoms with Crippen molar-refractivity contribution in [1.29, 1.82) is 0 Å². The molecule has 0 fully saturated rings. The van der Waals surface area contributed by atoms with Crippen molar-refractivity contribution in [2.75, 3.05) is 0 Å². The van der Waals surface area contributed by atoms with Crippen LogP contribution in [0.2, 0.25) is 0 Å². The molecule has 0 atom stereocenters. The highest BCUT2D eigenvalue weighted by molar-refractivity contribution is 4.86. The van der Waals surface area contributed by atoms with Gasteiger partial charge in [-0.25, -0.2) is 0 Å². The molecule has 0 saturated heterocycles. The lowest BCUT2D eigenvalue weighted by Gasteiger charge is -1.95. The van der Waals surface area contributed by atoms with Crippen LogP contribution in [0.3, 0.4) is 0 Å². The van der Waals surface area contributed by atoms with Gasteiger partial charge in [0.25, 0.3) is 0 Å². The molecular formula is C13H22. The largest absolute Gasteiger partial charge is 0.0885 e. The maximum atomic E-state index is 2.36. The first-order valence-corrected chi connectivity index (χ1v) is 5.80. The molecule has 0 spiro atoms. The molecule has 0 aromatic carbocycles. The maximum Gasteiger partial charge on any atom is -0.0348 e. The van der Waals surface area contributed by atoms with Crippen molar-refractivity contribution < 1.29 is 0 Å². The van der Waals surface area contributed by atoms with Crippen LogP contribution in [0.15, 0.2) is 24.3 Å². The van der Waals surface area contributed by atoms with Crippen LogP contribution in [0.25, 0.3) is 0 Å². The highest BCUT2D eigenvalue weighted by atomic mass is 14.0. The van der Waals surface area contributed by atoms with E-state index in [0.29, 0.717) is 0 Å². The standard InChI is InChI=1S/C13H22/c1-2-4-6-8-10-12-13-11-9-7-5-3-1/h1-2,9,11H,3-8,10,12-13H2/b2-1-,11-9-. The van der Waals surface area contributed by atoms with Gasteiger partial charge in [0.05, 0.1) is 0 Å². The van der Waals surface area contributed by atoms with Crippen LogP contribution in [-0.2, 0) is 0 Å². The van der Waals surface area contributed by atoms with Gasteiger partial charge >= 0.3 is 0 Å². The predicted octanol–water partition coefficient (Wildman–Crippen LogP) is 4.62. The Hall–Kier alpha value is -0.520. The van der Waals surface area contributed by atoms with Crippen molar-refractivity contribution in [3.63, 3.8) is 0 Å². The fraction of sp³-hybridized carbons (Fsp3) is 0.692. The molecule has 0 radical (unpaired) electrons. The van der Waals surface area contributed by atoms with Crippen LogP contribution in [0.4, 0.5) is 0 Å². The molecule has 0 heterocycles. The fourth-order valence-electron chi connectivity index (χ4n) is 1.70. The zero-order valence-corrected chi connectivity index (χ0v) is 8.67. The van der Waals surface area contributed by atoms with Crippen LogP contribution in [-0.4, -0.2) is 0 Å². The lowest BCUT2D eigenvalue weighted by atomic mass is 10.1. The zero-order valence-electron chi connectivity index (χ0n) is 8.67. The average Bonchev–Trinajstić information content (AvgIpc) is 2.18. The molecule has 0 saturated carbocycles. The summed E-state index contributed by atoms with van der Waals surface area (Å²) in [5, 5.41) is 0. The van der Waals surface area contributed by atoms with E-state index in [4.69, 9.17) is 0 Å². The molecule has 1 aliphatic carbocycles. The van der Waals surface area contributed by atoms with Gasteiger partial charge in [0.1, 0.15) is 0 Å². The van der Waals surface area contributed by atoms with Crippen LogP contribution >= 0.6 is 0 Å². The van der Waals surface area contributed by atoms with Crippen LogP contribution < -0.4 is 0 Å². The molecule has 0 N–H and O–H groups in total. The Morgan fingerprint density at radius 1 is 0.385 bits per heavy atom. The Kier molecular flexibility index (Phi) is 6.58. The third-order valence-electron chi connectivity index (χ3n) is 2.57. The van der Waals surface area contributed by atoms with E-state index in [1.54, 1.807) is 0 Å². The van der Waals surface area contributed by atoms with Gasteiger partial charge in [-0.1, -0.05) is 37.1 Å². The van der Waals surface area contributed by atoms with Gasteiger partial charge in [0.2, 0.25) is 0 Å². The molecule has 0 amide bonds. The van der Waals surface area contributed by atoms with E-state index in [1.807, 2.05) is 0 Å². The van der Waals surface area contributed by atoms with E-state index in [9.17, 15) is 0 Å². The molecule has 0 nitrogen and oxygen atoms in total. The molecule has 0 unspecified atom stereocenters. The topological polar surface area (TPSA) is 0 Å². The second-order valence-electron chi connectivity index (χ2n) is 3.87. The third-order valence-corrected chi connectivity index (χ3v) is 2.57. The van der Waals surface area contributed by atoms with Crippen molar-refractivity contribution in [2.45, 2.75) is 57.8 Å². The summed E-state index contributed by atoms with van der Waals surface area (Å²) in [6.45, 7) is 0. The van der Waals surface area contributed by atoms with Gasteiger partial charge in [-0.2, -0.15) is 0 Å². The van der Waals surface area contributed by atoms with E-state index in [0.717, 1.165) is 0 Å². The van der Waals surface area contributed by atoms with E-state index < -0.39 is 0 Å². The van der Waals surface area contributed by atoms with Crippen molar-refractivity contribution in [1.82, 2.24) is 0 Å². The first-order chi connectivity index (χ1) is 6.50. The Bertz CT molecular complexity index is 135. The summed E-state index contributed by atoms with van der Waals surface area (Å²) in [5.74, 6) is 0. The third kappa shape index (κ3) is 6.62. The highest BCUT2D eigenvalue weighted by Gasteiger charge is 1.89. The number of hydrogen-bond acceptors (Lipinski definition) is 0. The molecule has 0 aromatic rings. The average molecular weight is 178 g/mol. The quantitative estimate of drug-likeness (QED) is 0.475. The van der Waals surface area contributed by atoms with E-state index >= 15 is 0 Å². The second-order valence-corrected chi connectivity index (χ2v) is 3.87. The molecule has 1 aliphatic rings. The van der Waals surface area contributed by atoms with Crippen LogP contribution in [0.1, 0.15) is 57.8 Å². The molecule has 0 aromatic heterocycles. The van der Waals surface area contributed by atoms with Gasteiger partial charge in [0.15, 0.2) is 0 Å². The second kappa shape index (κ2) is 8.10. The molecular weight excluding hydrogens is 156 g/mol. The van der Waals surface area contributed by atoms with Crippen LogP contribution in [0, 0.1) is 0 Å². The summed E-state index contributed by atoms with van der Waals surface area (Å²) in [7, 11) is 0. The van der Waals surface area contributed by atoms with Crippen molar-refractivity contribution in [2.24, 2.45) is 0 Å². The summed E-state index contributed by atoms with van der Waals surface area (Å²) in [6.07, 6.45) is 21.5. The van der Waals surface area contributed by atoms with Gasteiger partial charge in [-0.3, -0.25) is 0 Å². The Labute approximate surface area is 82.7 Å². The molecule has 13 heavy (non-hydrogen) atoms. The molecule has 0 bridgehead atoms. The molecule has 0 heteroatoms. The Morgan fingerprint density at radius 3 is 1.23 bits per heavy atom. The molecule has 74 valence electrons. The van der Waals surface area contributed by atoms with E-state index in [-0.39, 0.29) is 0 Å². The summed E-state index contributed by atoms with van der Waals surface area (Å²) in [4.78, 5) is 0. The SMILES string of the molecule is C1=C\CCCCCC/C=C\CCC/1. The lowest BCUT2D eigenvalue weighted by molar-refractivity contribution is 0.652. The number of hydrogen-bond donors (Lipinski definition) is 0. The summed E-state index contributed by atoms with van der Waals surface area (Å²) in [6, 6.07) is 0. The normalized spacial score (nSPS) is 26.5. The van der Waals surface area contributed by atoms with Crippen molar-refractivity contribution in [3.8, 4) is 0 Å². The first kappa shape index (κ1) is 10.6. The van der Waals surface area contributed by atoms with E-state index in [2.05, 4.69) is 24.3 Å². The minimum absolute atomic E-state index is 1.27. The maximum absolute atomic E-state index is 2.36.